The van der Waals surface area contributed by atoms with E-state index in [-0.39, 0.29) is 0 Å². The van der Waals surface area contributed by atoms with Gasteiger partial charge in [0.05, 0.1) is 11.5 Å². The summed E-state index contributed by atoms with van der Waals surface area (Å²) in [6, 6.07) is 6.07. The number of aromatic nitrogens is 1. The van der Waals surface area contributed by atoms with Crippen LogP contribution < -0.4 is 0 Å². The molecule has 1 rings (SSSR count). The van der Waals surface area contributed by atoms with Crippen LogP contribution in [0, 0.1) is 18.3 Å². The second kappa shape index (κ2) is 2.94. The van der Waals surface area contributed by atoms with E-state index in [4.69, 9.17) is 5.26 Å². The molecule has 2 nitrogen and oxygen atoms in total. The highest BCUT2D eigenvalue weighted by Gasteiger charge is 2.21. The molecule has 0 aromatic carbocycles. The average Bonchev–Trinajstić information content (AvgIpc) is 2.05. The van der Waals surface area contributed by atoms with Crippen LogP contribution in [0.15, 0.2) is 18.3 Å². The lowest BCUT2D eigenvalue weighted by atomic mass is 9.85. The molecular weight excluding hydrogens is 148 g/mol. The molecule has 0 unspecified atom stereocenters. The normalized spacial score (nSPS) is 10.8. The van der Waals surface area contributed by atoms with E-state index in [0.29, 0.717) is 0 Å². The number of hydrogen-bond donors (Lipinski definition) is 0. The van der Waals surface area contributed by atoms with Gasteiger partial charge in [-0.15, -0.1) is 0 Å². The lowest BCUT2D eigenvalue weighted by Crippen LogP contribution is -2.15. The highest BCUT2D eigenvalue weighted by Crippen LogP contribution is 2.23. The summed E-state index contributed by atoms with van der Waals surface area (Å²) in [6.07, 6.45) is 1.74. The summed E-state index contributed by atoms with van der Waals surface area (Å²) in [5.41, 5.74) is 1.51. The fourth-order valence-corrected chi connectivity index (χ4v) is 1.21. The summed E-state index contributed by atoms with van der Waals surface area (Å²) in [4.78, 5) is 4.14. The molecule has 0 amide bonds. The molecule has 1 aromatic rings. The topological polar surface area (TPSA) is 36.7 Å². The molecule has 1 heterocycles. The van der Waals surface area contributed by atoms with Gasteiger partial charge >= 0.3 is 0 Å². The molecule has 0 bridgehead atoms. The smallest absolute Gasteiger partial charge is 0.0783 e. The van der Waals surface area contributed by atoms with Crippen molar-refractivity contribution >= 4 is 0 Å². The highest BCUT2D eigenvalue weighted by molar-refractivity contribution is 5.32. The third-order valence-electron chi connectivity index (χ3n) is 1.96. The minimum atomic E-state index is -0.432. The second-order valence-electron chi connectivity index (χ2n) is 3.37. The molecule has 0 atom stereocenters. The molecule has 0 radical (unpaired) electrons. The maximum Gasteiger partial charge on any atom is 0.0783 e. The summed E-state index contributed by atoms with van der Waals surface area (Å²) in [7, 11) is 0. The van der Waals surface area contributed by atoms with Crippen LogP contribution in [0.25, 0.3) is 0 Å². The van der Waals surface area contributed by atoms with Gasteiger partial charge in [-0.3, -0.25) is 4.98 Å². The number of aryl methyl sites for hydroxylation is 1. The monoisotopic (exact) mass is 160 g/mol. The van der Waals surface area contributed by atoms with Crippen molar-refractivity contribution in [2.24, 2.45) is 0 Å². The average molecular weight is 160 g/mol. The first-order valence-electron chi connectivity index (χ1n) is 3.91. The maximum absolute atomic E-state index is 8.89. The van der Waals surface area contributed by atoms with Crippen LogP contribution in [0.2, 0.25) is 0 Å². The van der Waals surface area contributed by atoms with E-state index < -0.39 is 5.41 Å². The van der Waals surface area contributed by atoms with Gasteiger partial charge in [-0.05, 0) is 32.4 Å². The van der Waals surface area contributed by atoms with Gasteiger partial charge < -0.3 is 0 Å². The molecule has 0 N–H and O–H groups in total. The first-order valence-corrected chi connectivity index (χ1v) is 3.91. The van der Waals surface area contributed by atoms with Crippen LogP contribution in [-0.4, -0.2) is 4.98 Å². The van der Waals surface area contributed by atoms with Gasteiger partial charge in [-0.25, -0.2) is 0 Å². The molecule has 0 saturated heterocycles. The van der Waals surface area contributed by atoms with E-state index in [1.165, 1.54) is 0 Å². The van der Waals surface area contributed by atoms with Crippen LogP contribution >= 0.6 is 0 Å². The molecule has 0 saturated carbocycles. The van der Waals surface area contributed by atoms with Crippen molar-refractivity contribution in [1.29, 1.82) is 5.26 Å². The molecular formula is C10H12N2. The van der Waals surface area contributed by atoms with Gasteiger partial charge in [0.25, 0.3) is 0 Å². The molecule has 62 valence electrons. The Kier molecular flexibility index (Phi) is 2.14. The van der Waals surface area contributed by atoms with Crippen molar-refractivity contribution in [3.05, 3.63) is 29.6 Å². The third-order valence-corrected chi connectivity index (χ3v) is 1.96. The molecule has 1 aromatic heterocycles. The van der Waals surface area contributed by atoms with E-state index in [9.17, 15) is 0 Å². The molecule has 0 aliphatic heterocycles. The lowest BCUT2D eigenvalue weighted by molar-refractivity contribution is 0.675. The first-order chi connectivity index (χ1) is 5.58. The Balaban J connectivity index is 3.22. The number of nitriles is 1. The Labute approximate surface area is 72.9 Å². The van der Waals surface area contributed by atoms with Gasteiger partial charge in [-0.2, -0.15) is 5.26 Å². The zero-order valence-electron chi connectivity index (χ0n) is 7.63. The van der Waals surface area contributed by atoms with Crippen molar-refractivity contribution in [1.82, 2.24) is 4.98 Å². The second-order valence-corrected chi connectivity index (χ2v) is 3.37. The van der Waals surface area contributed by atoms with E-state index in [2.05, 4.69) is 11.1 Å². The predicted molar refractivity (Wildman–Crippen MR) is 47.6 cm³/mol. The zero-order chi connectivity index (χ0) is 9.19. The van der Waals surface area contributed by atoms with E-state index in [0.717, 1.165) is 11.3 Å². The van der Waals surface area contributed by atoms with Gasteiger partial charge in [0.1, 0.15) is 0 Å². The predicted octanol–water partition coefficient (Wildman–Crippen LogP) is 2.19. The maximum atomic E-state index is 8.89. The lowest BCUT2D eigenvalue weighted by Gasteiger charge is -2.16. The van der Waals surface area contributed by atoms with Crippen LogP contribution in [0.4, 0.5) is 0 Å². The summed E-state index contributed by atoms with van der Waals surface area (Å²) in [5.74, 6) is 0. The van der Waals surface area contributed by atoms with Crippen molar-refractivity contribution in [2.75, 3.05) is 0 Å². The largest absolute Gasteiger partial charge is 0.261 e. The van der Waals surface area contributed by atoms with Crippen LogP contribution in [0.1, 0.15) is 25.1 Å². The molecule has 0 fully saturated rings. The quantitative estimate of drug-likeness (QED) is 0.631. The first kappa shape index (κ1) is 8.73. The van der Waals surface area contributed by atoms with E-state index >= 15 is 0 Å². The van der Waals surface area contributed by atoms with Crippen LogP contribution in [-0.2, 0) is 5.41 Å². The summed E-state index contributed by atoms with van der Waals surface area (Å²) in [5, 5.41) is 8.89. The fraction of sp³-hybridized carbons (Fsp3) is 0.400. The minimum Gasteiger partial charge on any atom is -0.261 e. The molecule has 12 heavy (non-hydrogen) atoms. The highest BCUT2D eigenvalue weighted by atomic mass is 14.7. The van der Waals surface area contributed by atoms with Crippen molar-refractivity contribution < 1.29 is 0 Å². The van der Waals surface area contributed by atoms with Gasteiger partial charge in [0.15, 0.2) is 0 Å². The molecule has 0 spiro atoms. The van der Waals surface area contributed by atoms with Gasteiger partial charge in [-0.1, -0.05) is 6.07 Å². The fourth-order valence-electron chi connectivity index (χ4n) is 1.21. The van der Waals surface area contributed by atoms with Crippen LogP contribution in [0.5, 0.6) is 0 Å². The number of rotatable bonds is 1. The number of nitrogens with zero attached hydrogens (tertiary/aromatic N) is 2. The molecule has 0 aliphatic rings. The summed E-state index contributed by atoms with van der Waals surface area (Å²) < 4.78 is 0. The number of pyridine rings is 1. The Hall–Kier alpha value is -1.36. The van der Waals surface area contributed by atoms with Crippen molar-refractivity contribution in [3.63, 3.8) is 0 Å². The number of hydrogen-bond acceptors (Lipinski definition) is 2. The van der Waals surface area contributed by atoms with Gasteiger partial charge in [0.2, 0.25) is 0 Å². The summed E-state index contributed by atoms with van der Waals surface area (Å²) in [6.45, 7) is 5.72. The molecule has 2 heteroatoms. The Morgan fingerprint density at radius 3 is 2.67 bits per heavy atom. The van der Waals surface area contributed by atoms with Gasteiger partial charge in [0, 0.05) is 11.9 Å². The van der Waals surface area contributed by atoms with Crippen LogP contribution in [0.3, 0.4) is 0 Å². The van der Waals surface area contributed by atoms with Crippen molar-refractivity contribution in [3.8, 4) is 6.07 Å². The Morgan fingerprint density at radius 1 is 1.50 bits per heavy atom. The zero-order valence-corrected chi connectivity index (χ0v) is 7.63. The minimum absolute atomic E-state index is 0.432. The van der Waals surface area contributed by atoms with E-state index in [1.54, 1.807) is 6.20 Å². The van der Waals surface area contributed by atoms with Crippen molar-refractivity contribution in [2.45, 2.75) is 26.2 Å². The molecule has 0 aliphatic carbocycles. The Morgan fingerprint density at radius 2 is 2.17 bits per heavy atom. The Bertz CT molecular complexity index is 321. The SMILES string of the molecule is Cc1ncccc1C(C)(C)C#N. The third kappa shape index (κ3) is 1.45. The summed E-state index contributed by atoms with van der Waals surface area (Å²) >= 11 is 0. The van der Waals surface area contributed by atoms with E-state index in [1.807, 2.05) is 32.9 Å². The standard InChI is InChI=1S/C10H12N2/c1-8-9(5-4-6-12-8)10(2,3)7-11/h4-6H,1-3H3.